The van der Waals surface area contributed by atoms with Gasteiger partial charge < -0.3 is 19.2 Å². The lowest BCUT2D eigenvalue weighted by molar-refractivity contribution is -0.142. The quantitative estimate of drug-likeness (QED) is 0.877. The van der Waals surface area contributed by atoms with Crippen LogP contribution < -0.4 is 4.90 Å². The highest BCUT2D eigenvalue weighted by molar-refractivity contribution is 6.05. The van der Waals surface area contributed by atoms with E-state index in [0.29, 0.717) is 0 Å². The summed E-state index contributed by atoms with van der Waals surface area (Å²) in [6.07, 6.45) is 1.14. The molecule has 0 aliphatic rings. The molecule has 7 nitrogen and oxygen atoms in total. The summed E-state index contributed by atoms with van der Waals surface area (Å²) in [4.78, 5) is 28.4. The van der Waals surface area contributed by atoms with Crippen molar-refractivity contribution in [2.75, 3.05) is 18.6 Å². The summed E-state index contributed by atoms with van der Waals surface area (Å²) in [6, 6.07) is 5.81. The van der Waals surface area contributed by atoms with Gasteiger partial charge in [-0.3, -0.25) is 4.79 Å². The molecule has 0 spiro atoms. The first-order valence-electron chi connectivity index (χ1n) is 6.96. The van der Waals surface area contributed by atoms with Gasteiger partial charge in [-0.15, -0.1) is 0 Å². The number of nitrogens with zero attached hydrogens (tertiary/aromatic N) is 2. The van der Waals surface area contributed by atoms with Crippen molar-refractivity contribution in [2.24, 2.45) is 0 Å². The SMILES string of the molecule is Cc1cc(C)cc(N(C)C(=O)c2ncoc2COCC(=O)O)c1. The number of aromatic nitrogens is 1. The van der Waals surface area contributed by atoms with E-state index in [1.807, 2.05) is 32.0 Å². The third kappa shape index (κ3) is 4.17. The number of carbonyl (C=O) groups excluding carboxylic acids is 1. The predicted molar refractivity (Wildman–Crippen MR) is 82.4 cm³/mol. The second kappa shape index (κ2) is 7.06. The number of oxazole rings is 1. The van der Waals surface area contributed by atoms with Gasteiger partial charge in [0, 0.05) is 12.7 Å². The summed E-state index contributed by atoms with van der Waals surface area (Å²) in [5.74, 6) is -1.24. The number of carbonyl (C=O) groups is 2. The van der Waals surface area contributed by atoms with Crippen LogP contribution in [0.4, 0.5) is 5.69 Å². The molecule has 1 amide bonds. The highest BCUT2D eigenvalue weighted by Gasteiger charge is 2.22. The van der Waals surface area contributed by atoms with E-state index in [1.54, 1.807) is 7.05 Å². The number of carboxylic acids is 1. The lowest BCUT2D eigenvalue weighted by atomic mass is 10.1. The fraction of sp³-hybridized carbons (Fsp3) is 0.312. The second-order valence-corrected chi connectivity index (χ2v) is 5.22. The number of aryl methyl sites for hydroxylation is 2. The minimum Gasteiger partial charge on any atom is -0.480 e. The standard InChI is InChI=1S/C16H18N2O5/c1-10-4-11(2)6-12(5-10)18(3)16(21)15-13(23-9-17-15)7-22-8-14(19)20/h4-6,9H,7-8H2,1-3H3,(H,19,20). The predicted octanol–water partition coefficient (Wildman–Crippen LogP) is 2.17. The summed E-state index contributed by atoms with van der Waals surface area (Å²) < 4.78 is 10.1. The van der Waals surface area contributed by atoms with Gasteiger partial charge in [-0.1, -0.05) is 6.07 Å². The van der Waals surface area contributed by atoms with Gasteiger partial charge in [-0.2, -0.15) is 0 Å². The molecule has 0 atom stereocenters. The van der Waals surface area contributed by atoms with E-state index in [9.17, 15) is 9.59 Å². The molecule has 1 aromatic heterocycles. The number of benzene rings is 1. The van der Waals surface area contributed by atoms with Crippen molar-refractivity contribution in [3.05, 3.63) is 47.2 Å². The van der Waals surface area contributed by atoms with Gasteiger partial charge in [0.2, 0.25) is 0 Å². The molecule has 122 valence electrons. The van der Waals surface area contributed by atoms with E-state index in [4.69, 9.17) is 14.3 Å². The maximum atomic E-state index is 12.6. The summed E-state index contributed by atoms with van der Waals surface area (Å²) in [6.45, 7) is 3.31. The number of hydrogen-bond acceptors (Lipinski definition) is 5. The molecule has 0 unspecified atom stereocenters. The van der Waals surface area contributed by atoms with E-state index in [1.165, 1.54) is 4.90 Å². The molecular formula is C16H18N2O5. The number of hydrogen-bond donors (Lipinski definition) is 1. The van der Waals surface area contributed by atoms with Crippen LogP contribution >= 0.6 is 0 Å². The van der Waals surface area contributed by atoms with Crippen LogP contribution in [0.1, 0.15) is 27.4 Å². The zero-order chi connectivity index (χ0) is 17.0. The van der Waals surface area contributed by atoms with Crippen LogP contribution in [-0.4, -0.2) is 35.6 Å². The minimum absolute atomic E-state index is 0.108. The molecule has 0 radical (unpaired) electrons. The molecule has 0 saturated carbocycles. The molecule has 2 aromatic rings. The van der Waals surface area contributed by atoms with Gasteiger partial charge in [0.1, 0.15) is 13.2 Å². The van der Waals surface area contributed by atoms with Crippen molar-refractivity contribution in [1.29, 1.82) is 0 Å². The molecule has 0 aliphatic heterocycles. The maximum absolute atomic E-state index is 12.6. The first-order valence-corrected chi connectivity index (χ1v) is 6.96. The summed E-state index contributed by atoms with van der Waals surface area (Å²) >= 11 is 0. The molecule has 1 aromatic carbocycles. The normalized spacial score (nSPS) is 10.6. The number of carboxylic acid groups (broad SMARTS) is 1. The monoisotopic (exact) mass is 318 g/mol. The second-order valence-electron chi connectivity index (χ2n) is 5.22. The van der Waals surface area contributed by atoms with Crippen molar-refractivity contribution in [1.82, 2.24) is 4.98 Å². The van der Waals surface area contributed by atoms with Crippen LogP contribution in [-0.2, 0) is 16.1 Å². The van der Waals surface area contributed by atoms with Gasteiger partial charge >= 0.3 is 5.97 Å². The Kier molecular flexibility index (Phi) is 5.13. The molecule has 7 heteroatoms. The average molecular weight is 318 g/mol. The van der Waals surface area contributed by atoms with Gasteiger partial charge in [-0.05, 0) is 37.1 Å². The molecule has 0 aliphatic carbocycles. The lowest BCUT2D eigenvalue weighted by Crippen LogP contribution is -2.27. The minimum atomic E-state index is -1.09. The smallest absolute Gasteiger partial charge is 0.329 e. The highest BCUT2D eigenvalue weighted by atomic mass is 16.5. The topological polar surface area (TPSA) is 92.9 Å². The number of anilines is 1. The van der Waals surface area contributed by atoms with Crippen LogP contribution in [0.2, 0.25) is 0 Å². The van der Waals surface area contributed by atoms with Gasteiger partial charge in [0.15, 0.2) is 17.8 Å². The molecule has 2 rings (SSSR count). The van der Waals surface area contributed by atoms with Crippen molar-refractivity contribution >= 4 is 17.6 Å². The molecule has 23 heavy (non-hydrogen) atoms. The fourth-order valence-electron chi connectivity index (χ4n) is 2.20. The van der Waals surface area contributed by atoms with Crippen LogP contribution in [0.5, 0.6) is 0 Å². The molecule has 1 heterocycles. The Morgan fingerprint density at radius 2 is 1.91 bits per heavy atom. The lowest BCUT2D eigenvalue weighted by Gasteiger charge is -2.18. The van der Waals surface area contributed by atoms with Gasteiger partial charge in [0.05, 0.1) is 0 Å². The zero-order valence-electron chi connectivity index (χ0n) is 13.2. The molecule has 0 saturated heterocycles. The van der Waals surface area contributed by atoms with E-state index in [-0.39, 0.29) is 24.0 Å². The first kappa shape index (κ1) is 16.7. The Balaban J connectivity index is 2.16. The number of ether oxygens (including phenoxy) is 1. The Hall–Kier alpha value is -2.67. The summed E-state index contributed by atoms with van der Waals surface area (Å²) in [5, 5.41) is 8.56. The Bertz CT molecular complexity index is 703. The Morgan fingerprint density at radius 3 is 2.52 bits per heavy atom. The summed E-state index contributed by atoms with van der Waals surface area (Å²) in [5.41, 5.74) is 2.94. The van der Waals surface area contributed by atoms with Gasteiger partial charge in [0.25, 0.3) is 5.91 Å². The largest absolute Gasteiger partial charge is 0.480 e. The van der Waals surface area contributed by atoms with E-state index < -0.39 is 12.6 Å². The molecular weight excluding hydrogens is 300 g/mol. The van der Waals surface area contributed by atoms with Crippen LogP contribution in [0.15, 0.2) is 29.0 Å². The third-order valence-electron chi connectivity index (χ3n) is 3.20. The summed E-state index contributed by atoms with van der Waals surface area (Å²) in [7, 11) is 1.65. The third-order valence-corrected chi connectivity index (χ3v) is 3.20. The molecule has 0 fully saturated rings. The van der Waals surface area contributed by atoms with E-state index >= 15 is 0 Å². The molecule has 0 bridgehead atoms. The number of amides is 1. The van der Waals surface area contributed by atoms with Crippen molar-refractivity contribution in [2.45, 2.75) is 20.5 Å². The Labute approximate surface area is 133 Å². The fourth-order valence-corrected chi connectivity index (χ4v) is 2.20. The maximum Gasteiger partial charge on any atom is 0.329 e. The molecule has 1 N–H and O–H groups in total. The van der Waals surface area contributed by atoms with Crippen molar-refractivity contribution in [3.8, 4) is 0 Å². The number of aliphatic carboxylic acids is 1. The van der Waals surface area contributed by atoms with E-state index in [2.05, 4.69) is 4.98 Å². The first-order chi connectivity index (χ1) is 10.9. The van der Waals surface area contributed by atoms with Crippen LogP contribution in [0.25, 0.3) is 0 Å². The van der Waals surface area contributed by atoms with E-state index in [0.717, 1.165) is 23.2 Å². The van der Waals surface area contributed by atoms with Crippen molar-refractivity contribution in [3.63, 3.8) is 0 Å². The number of rotatable bonds is 6. The van der Waals surface area contributed by atoms with Crippen LogP contribution in [0, 0.1) is 13.8 Å². The van der Waals surface area contributed by atoms with Gasteiger partial charge in [-0.25, -0.2) is 9.78 Å². The van der Waals surface area contributed by atoms with Crippen LogP contribution in [0.3, 0.4) is 0 Å². The highest BCUT2D eigenvalue weighted by Crippen LogP contribution is 2.20. The Morgan fingerprint density at radius 1 is 1.26 bits per heavy atom. The average Bonchev–Trinajstić information content (AvgIpc) is 2.92. The zero-order valence-corrected chi connectivity index (χ0v) is 13.2. The van der Waals surface area contributed by atoms with Crippen molar-refractivity contribution < 1.29 is 23.8 Å².